The van der Waals surface area contributed by atoms with Crippen LogP contribution >= 0.6 is 0 Å². The Balaban J connectivity index is 1.09. The highest BCUT2D eigenvalue weighted by molar-refractivity contribution is 5.94. The quantitative estimate of drug-likeness (QED) is 0.627. The van der Waals surface area contributed by atoms with Gasteiger partial charge in [0.25, 0.3) is 11.8 Å². The van der Waals surface area contributed by atoms with Crippen LogP contribution in [0.4, 0.5) is 0 Å². The fourth-order valence-electron chi connectivity index (χ4n) is 4.39. The number of likely N-dealkylation sites (tertiary alicyclic amines) is 1. The predicted molar refractivity (Wildman–Crippen MR) is 122 cm³/mol. The molecule has 1 N–H and O–H groups in total. The summed E-state index contributed by atoms with van der Waals surface area (Å²) in [5, 5.41) is 2.95. The second kappa shape index (κ2) is 9.62. The van der Waals surface area contributed by atoms with Crippen molar-refractivity contribution in [3.63, 3.8) is 0 Å². The number of nitrogens with one attached hydrogen (secondary N) is 1. The lowest BCUT2D eigenvalue weighted by atomic mass is 10.1. The molecule has 1 aromatic carbocycles. The number of piperidine rings is 1. The van der Waals surface area contributed by atoms with Crippen LogP contribution in [0.5, 0.6) is 5.75 Å². The predicted octanol–water partition coefficient (Wildman–Crippen LogP) is 2.81. The number of carbonyl (C=O) groups is 2. The molecular weight excluding hydrogens is 420 g/mol. The first-order chi connectivity index (χ1) is 16.2. The molecule has 4 heterocycles. The molecule has 172 valence electrons. The molecule has 0 bridgehead atoms. The minimum Gasteiger partial charge on any atom is -0.490 e. The maximum Gasteiger partial charge on any atom is 0.251 e. The van der Waals surface area contributed by atoms with Gasteiger partial charge in [-0.2, -0.15) is 0 Å². The Bertz CT molecular complexity index is 1110. The third kappa shape index (κ3) is 5.01. The third-order valence-corrected chi connectivity index (χ3v) is 6.29. The maximum absolute atomic E-state index is 12.5. The fraction of sp³-hybridized carbons (Fsp3) is 0.400. The number of pyridine rings is 1. The summed E-state index contributed by atoms with van der Waals surface area (Å²) in [6, 6.07) is 11.1. The van der Waals surface area contributed by atoms with Gasteiger partial charge in [0.05, 0.1) is 0 Å². The number of imidazole rings is 1. The van der Waals surface area contributed by atoms with Crippen molar-refractivity contribution >= 4 is 17.5 Å². The molecule has 0 spiro atoms. The first-order valence-electron chi connectivity index (χ1n) is 11.5. The Kier molecular flexibility index (Phi) is 6.26. The van der Waals surface area contributed by atoms with Crippen LogP contribution in [-0.2, 0) is 16.1 Å². The maximum atomic E-state index is 12.5. The van der Waals surface area contributed by atoms with Crippen molar-refractivity contribution in [1.82, 2.24) is 19.6 Å². The molecular formula is C25H28N4O4. The van der Waals surface area contributed by atoms with E-state index in [4.69, 9.17) is 9.47 Å². The first-order valence-corrected chi connectivity index (χ1v) is 11.5. The zero-order valence-electron chi connectivity index (χ0n) is 18.5. The van der Waals surface area contributed by atoms with Gasteiger partial charge < -0.3 is 24.1 Å². The standard InChI is InChI=1S/C25H28N4O4/c30-24(27-17-18-7-11-28-14-10-26-23(28)16-18)19-3-5-20(6-4-19)33-21-8-12-29(13-9-21)25(31)22-2-1-15-32-22/h3-7,10-11,14,16,21-22H,1-2,8-9,12-13,15,17H2,(H,27,30)/t22-/m0/s1. The van der Waals surface area contributed by atoms with E-state index >= 15 is 0 Å². The van der Waals surface area contributed by atoms with Crippen molar-refractivity contribution in [2.24, 2.45) is 0 Å². The van der Waals surface area contributed by atoms with Crippen molar-refractivity contribution in [2.75, 3.05) is 19.7 Å². The highest BCUT2D eigenvalue weighted by Gasteiger charge is 2.31. The van der Waals surface area contributed by atoms with Crippen LogP contribution in [0, 0.1) is 0 Å². The molecule has 5 rings (SSSR count). The van der Waals surface area contributed by atoms with E-state index in [0.717, 1.165) is 42.6 Å². The Labute approximate surface area is 192 Å². The topological polar surface area (TPSA) is 85.2 Å². The van der Waals surface area contributed by atoms with Gasteiger partial charge in [-0.25, -0.2) is 4.98 Å². The molecule has 2 aliphatic heterocycles. The smallest absolute Gasteiger partial charge is 0.251 e. The van der Waals surface area contributed by atoms with Crippen molar-refractivity contribution in [3.05, 3.63) is 66.1 Å². The van der Waals surface area contributed by atoms with Gasteiger partial charge in [-0.05, 0) is 54.8 Å². The van der Waals surface area contributed by atoms with E-state index in [2.05, 4.69) is 10.3 Å². The van der Waals surface area contributed by atoms with Gasteiger partial charge in [0, 0.05) is 63.2 Å². The van der Waals surface area contributed by atoms with Crippen molar-refractivity contribution in [2.45, 2.75) is 44.4 Å². The van der Waals surface area contributed by atoms with Gasteiger partial charge >= 0.3 is 0 Å². The van der Waals surface area contributed by atoms with Gasteiger partial charge in [0.2, 0.25) is 0 Å². The second-order valence-electron chi connectivity index (χ2n) is 8.58. The van der Waals surface area contributed by atoms with E-state index in [1.807, 2.05) is 46.0 Å². The normalized spacial score (nSPS) is 19.0. The number of aromatic nitrogens is 2. The monoisotopic (exact) mass is 448 g/mol. The summed E-state index contributed by atoms with van der Waals surface area (Å²) in [5.74, 6) is 0.719. The number of ether oxygens (including phenoxy) is 2. The summed E-state index contributed by atoms with van der Waals surface area (Å²) in [5.41, 5.74) is 2.43. The van der Waals surface area contributed by atoms with Gasteiger partial charge in [-0.3, -0.25) is 9.59 Å². The molecule has 2 saturated heterocycles. The molecule has 2 aliphatic rings. The highest BCUT2D eigenvalue weighted by Crippen LogP contribution is 2.22. The van der Waals surface area contributed by atoms with E-state index in [1.54, 1.807) is 18.3 Å². The van der Waals surface area contributed by atoms with E-state index in [9.17, 15) is 9.59 Å². The number of fused-ring (bicyclic) bond motifs is 1. The molecule has 0 aliphatic carbocycles. The Morgan fingerprint density at radius 3 is 2.67 bits per heavy atom. The van der Waals surface area contributed by atoms with Gasteiger partial charge in [0.1, 0.15) is 23.6 Å². The van der Waals surface area contributed by atoms with E-state index in [0.29, 0.717) is 31.8 Å². The third-order valence-electron chi connectivity index (χ3n) is 6.29. The summed E-state index contributed by atoms with van der Waals surface area (Å²) < 4.78 is 13.5. The molecule has 8 nitrogen and oxygen atoms in total. The van der Waals surface area contributed by atoms with Crippen LogP contribution in [0.2, 0.25) is 0 Å². The molecule has 2 amide bonds. The molecule has 33 heavy (non-hydrogen) atoms. The van der Waals surface area contributed by atoms with E-state index < -0.39 is 0 Å². The average molecular weight is 449 g/mol. The number of nitrogens with zero attached hydrogens (tertiary/aromatic N) is 3. The highest BCUT2D eigenvalue weighted by atomic mass is 16.5. The minimum atomic E-state index is -0.255. The summed E-state index contributed by atoms with van der Waals surface area (Å²) in [4.78, 5) is 31.2. The van der Waals surface area contributed by atoms with Crippen LogP contribution in [0.25, 0.3) is 5.65 Å². The second-order valence-corrected chi connectivity index (χ2v) is 8.58. The van der Waals surface area contributed by atoms with Crippen LogP contribution in [0.15, 0.2) is 55.0 Å². The van der Waals surface area contributed by atoms with Gasteiger partial charge in [-0.15, -0.1) is 0 Å². The summed E-state index contributed by atoms with van der Waals surface area (Å²) >= 11 is 0. The van der Waals surface area contributed by atoms with E-state index in [-0.39, 0.29) is 24.0 Å². The number of benzene rings is 1. The van der Waals surface area contributed by atoms with Crippen LogP contribution in [-0.4, -0.2) is 58.0 Å². The van der Waals surface area contributed by atoms with Gasteiger partial charge in [-0.1, -0.05) is 0 Å². The number of hydrogen-bond acceptors (Lipinski definition) is 5. The summed E-state index contributed by atoms with van der Waals surface area (Å²) in [6.45, 7) is 2.50. The minimum absolute atomic E-state index is 0.0656. The summed E-state index contributed by atoms with van der Waals surface area (Å²) in [7, 11) is 0. The van der Waals surface area contributed by atoms with Crippen LogP contribution in [0.1, 0.15) is 41.6 Å². The lowest BCUT2D eigenvalue weighted by Crippen LogP contribution is -2.45. The molecule has 2 aromatic heterocycles. The summed E-state index contributed by atoms with van der Waals surface area (Å²) in [6.07, 6.45) is 8.75. The van der Waals surface area contributed by atoms with Crippen molar-refractivity contribution in [1.29, 1.82) is 0 Å². The Morgan fingerprint density at radius 2 is 1.91 bits per heavy atom. The van der Waals surface area contributed by atoms with Crippen LogP contribution in [0.3, 0.4) is 0 Å². The zero-order valence-corrected chi connectivity index (χ0v) is 18.5. The molecule has 0 unspecified atom stereocenters. The molecule has 1 atom stereocenters. The number of hydrogen-bond donors (Lipinski definition) is 1. The molecule has 2 fully saturated rings. The lowest BCUT2D eigenvalue weighted by molar-refractivity contribution is -0.142. The zero-order chi connectivity index (χ0) is 22.6. The average Bonchev–Trinajstić information content (AvgIpc) is 3.55. The lowest BCUT2D eigenvalue weighted by Gasteiger charge is -2.33. The van der Waals surface area contributed by atoms with E-state index in [1.165, 1.54) is 0 Å². The Hall–Kier alpha value is -3.39. The fourth-order valence-corrected chi connectivity index (χ4v) is 4.39. The largest absolute Gasteiger partial charge is 0.490 e. The molecule has 0 saturated carbocycles. The van der Waals surface area contributed by atoms with Crippen LogP contribution < -0.4 is 10.1 Å². The first kappa shape index (κ1) is 21.5. The Morgan fingerprint density at radius 1 is 1.09 bits per heavy atom. The van der Waals surface area contributed by atoms with Crippen molar-refractivity contribution < 1.29 is 19.1 Å². The molecule has 0 radical (unpaired) electrons. The SMILES string of the molecule is O=C(NCc1ccn2ccnc2c1)c1ccc(OC2CCN(C(=O)[C@@H]3CCCO3)CC2)cc1. The van der Waals surface area contributed by atoms with Crippen molar-refractivity contribution in [3.8, 4) is 5.75 Å². The van der Waals surface area contributed by atoms with Gasteiger partial charge in [0.15, 0.2) is 0 Å². The number of amides is 2. The number of carbonyl (C=O) groups excluding carboxylic acids is 2. The molecule has 3 aromatic rings. The number of rotatable bonds is 6. The molecule has 8 heteroatoms.